The molecule has 0 aliphatic carbocycles. The molecule has 1 amide bonds. The van der Waals surface area contributed by atoms with Crippen LogP contribution in [0.15, 0.2) is 18.2 Å². The Morgan fingerprint density at radius 2 is 2.00 bits per heavy atom. The molecule has 0 spiro atoms. The maximum Gasteiger partial charge on any atom is 0.321 e. The molecular formula is C16H24N2O3. The summed E-state index contributed by atoms with van der Waals surface area (Å²) < 4.78 is 0. The lowest BCUT2D eigenvalue weighted by molar-refractivity contribution is -0.141. The van der Waals surface area contributed by atoms with Gasteiger partial charge < -0.3 is 15.7 Å². The van der Waals surface area contributed by atoms with Gasteiger partial charge in [-0.3, -0.25) is 9.59 Å². The number of carboxylic acids is 1. The first-order chi connectivity index (χ1) is 9.93. The molecule has 5 heteroatoms. The highest BCUT2D eigenvalue weighted by Gasteiger charge is 2.20. The van der Waals surface area contributed by atoms with Crippen LogP contribution in [0.5, 0.6) is 0 Å². The van der Waals surface area contributed by atoms with Crippen LogP contribution in [0.1, 0.15) is 37.3 Å². The van der Waals surface area contributed by atoms with Gasteiger partial charge in [-0.05, 0) is 38.4 Å². The number of carboxylic acid groups (broad SMARTS) is 1. The van der Waals surface area contributed by atoms with E-state index in [9.17, 15) is 9.59 Å². The van der Waals surface area contributed by atoms with E-state index in [-0.39, 0.29) is 12.3 Å². The number of nitrogens with one attached hydrogen (secondary N) is 2. The lowest BCUT2D eigenvalue weighted by atomic mass is 10.1. The topological polar surface area (TPSA) is 78.4 Å². The molecule has 0 aliphatic heterocycles. The van der Waals surface area contributed by atoms with Gasteiger partial charge in [0.2, 0.25) is 5.91 Å². The second kappa shape index (κ2) is 8.42. The third kappa shape index (κ3) is 5.95. The smallest absolute Gasteiger partial charge is 0.321 e. The highest BCUT2D eigenvalue weighted by molar-refractivity contribution is 5.94. The number of hydrogen-bond donors (Lipinski definition) is 3. The van der Waals surface area contributed by atoms with E-state index in [2.05, 4.69) is 10.6 Å². The highest BCUT2D eigenvalue weighted by Crippen LogP contribution is 2.16. The lowest BCUT2D eigenvalue weighted by Gasteiger charge is -2.15. The fraction of sp³-hybridized carbons (Fsp3) is 0.500. The van der Waals surface area contributed by atoms with E-state index in [0.29, 0.717) is 6.54 Å². The van der Waals surface area contributed by atoms with Crippen LogP contribution in [0.4, 0.5) is 5.69 Å². The summed E-state index contributed by atoms with van der Waals surface area (Å²) in [6.07, 6.45) is 1.79. The first-order valence-corrected chi connectivity index (χ1v) is 7.27. The molecule has 1 atom stereocenters. The van der Waals surface area contributed by atoms with Gasteiger partial charge in [0.1, 0.15) is 6.04 Å². The quantitative estimate of drug-likeness (QED) is 0.643. The molecule has 0 aromatic heterocycles. The van der Waals surface area contributed by atoms with E-state index in [1.165, 1.54) is 0 Å². The lowest BCUT2D eigenvalue weighted by Crippen LogP contribution is -2.40. The van der Waals surface area contributed by atoms with Crippen LogP contribution in [-0.4, -0.2) is 29.6 Å². The molecule has 1 rings (SSSR count). The van der Waals surface area contributed by atoms with Crippen LogP contribution in [0.2, 0.25) is 0 Å². The van der Waals surface area contributed by atoms with Crippen molar-refractivity contribution >= 4 is 17.6 Å². The van der Waals surface area contributed by atoms with Crippen molar-refractivity contribution in [3.8, 4) is 0 Å². The van der Waals surface area contributed by atoms with E-state index in [1.54, 1.807) is 0 Å². The van der Waals surface area contributed by atoms with E-state index < -0.39 is 12.0 Å². The molecule has 21 heavy (non-hydrogen) atoms. The Labute approximate surface area is 125 Å². The molecule has 0 fully saturated rings. The van der Waals surface area contributed by atoms with Crippen LogP contribution < -0.4 is 10.6 Å². The Bertz CT molecular complexity index is 500. The van der Waals surface area contributed by atoms with Gasteiger partial charge in [0, 0.05) is 5.69 Å². The summed E-state index contributed by atoms with van der Waals surface area (Å²) in [4.78, 5) is 23.1. The van der Waals surface area contributed by atoms with Gasteiger partial charge in [0.15, 0.2) is 0 Å². The van der Waals surface area contributed by atoms with Gasteiger partial charge in [0.25, 0.3) is 0 Å². The second-order valence-electron chi connectivity index (χ2n) is 5.27. The average molecular weight is 292 g/mol. The van der Waals surface area contributed by atoms with Crippen molar-refractivity contribution in [2.24, 2.45) is 0 Å². The molecular weight excluding hydrogens is 268 g/mol. The Morgan fingerprint density at radius 1 is 1.29 bits per heavy atom. The number of anilines is 1. The van der Waals surface area contributed by atoms with Gasteiger partial charge in [-0.15, -0.1) is 0 Å². The van der Waals surface area contributed by atoms with Crippen LogP contribution in [0.3, 0.4) is 0 Å². The van der Waals surface area contributed by atoms with Gasteiger partial charge in [-0.1, -0.05) is 31.0 Å². The average Bonchev–Trinajstić information content (AvgIpc) is 2.41. The van der Waals surface area contributed by atoms with Crippen molar-refractivity contribution in [2.75, 3.05) is 11.9 Å². The Hall–Kier alpha value is -1.88. The van der Waals surface area contributed by atoms with Crippen LogP contribution in [0.25, 0.3) is 0 Å². The molecule has 0 radical (unpaired) electrons. The largest absolute Gasteiger partial charge is 0.480 e. The highest BCUT2D eigenvalue weighted by atomic mass is 16.4. The van der Waals surface area contributed by atoms with Crippen molar-refractivity contribution in [1.29, 1.82) is 0 Å². The number of aryl methyl sites for hydroxylation is 2. The van der Waals surface area contributed by atoms with Crippen molar-refractivity contribution in [3.05, 3.63) is 29.3 Å². The molecule has 0 bridgehead atoms. The zero-order valence-corrected chi connectivity index (χ0v) is 12.9. The van der Waals surface area contributed by atoms with Crippen LogP contribution in [-0.2, 0) is 9.59 Å². The minimum Gasteiger partial charge on any atom is -0.480 e. The van der Waals surface area contributed by atoms with E-state index >= 15 is 0 Å². The molecule has 0 saturated heterocycles. The van der Waals surface area contributed by atoms with Gasteiger partial charge in [-0.2, -0.15) is 0 Å². The van der Waals surface area contributed by atoms with Crippen LogP contribution in [0, 0.1) is 13.8 Å². The van der Waals surface area contributed by atoms with Crippen molar-refractivity contribution in [2.45, 2.75) is 46.1 Å². The zero-order chi connectivity index (χ0) is 15.8. The molecule has 0 aliphatic rings. The summed E-state index contributed by atoms with van der Waals surface area (Å²) in [7, 11) is 0. The summed E-state index contributed by atoms with van der Waals surface area (Å²) in [5.74, 6) is -1.29. The van der Waals surface area contributed by atoms with Crippen molar-refractivity contribution < 1.29 is 14.7 Å². The fourth-order valence-corrected chi connectivity index (χ4v) is 2.04. The number of hydrogen-bond acceptors (Lipinski definition) is 3. The predicted octanol–water partition coefficient (Wildman–Crippen LogP) is 2.47. The normalized spacial score (nSPS) is 12.0. The summed E-state index contributed by atoms with van der Waals surface area (Å²) in [6, 6.07) is 4.88. The fourth-order valence-electron chi connectivity index (χ4n) is 2.04. The molecule has 5 nitrogen and oxygen atoms in total. The number of carbonyl (C=O) groups excluding carboxylic acids is 1. The zero-order valence-electron chi connectivity index (χ0n) is 12.9. The Kier molecular flexibility index (Phi) is 6.88. The number of rotatable bonds is 8. The van der Waals surface area contributed by atoms with Gasteiger partial charge in [-0.25, -0.2) is 0 Å². The van der Waals surface area contributed by atoms with Gasteiger partial charge >= 0.3 is 5.97 Å². The minimum absolute atomic E-state index is 0.0770. The first-order valence-electron chi connectivity index (χ1n) is 7.27. The maximum atomic E-state index is 12.0. The molecule has 3 N–H and O–H groups in total. The van der Waals surface area contributed by atoms with Crippen LogP contribution >= 0.6 is 0 Å². The minimum atomic E-state index is -0.998. The summed E-state index contributed by atoms with van der Waals surface area (Å²) in [6.45, 7) is 6.53. The second-order valence-corrected chi connectivity index (χ2v) is 5.27. The predicted molar refractivity (Wildman–Crippen MR) is 83.5 cm³/mol. The monoisotopic (exact) mass is 292 g/mol. The van der Waals surface area contributed by atoms with Crippen molar-refractivity contribution in [3.63, 3.8) is 0 Å². The molecule has 0 saturated carbocycles. The third-order valence-corrected chi connectivity index (χ3v) is 3.26. The summed E-state index contributed by atoms with van der Waals surface area (Å²) in [5.41, 5.74) is 2.81. The Balaban J connectivity index is 2.59. The summed E-state index contributed by atoms with van der Waals surface area (Å²) >= 11 is 0. The number of aliphatic carboxylic acids is 1. The molecule has 1 aromatic carbocycles. The number of amides is 1. The molecule has 1 aromatic rings. The molecule has 116 valence electrons. The third-order valence-electron chi connectivity index (χ3n) is 3.26. The molecule has 1 unspecified atom stereocenters. The summed E-state index contributed by atoms with van der Waals surface area (Å²) in [5, 5.41) is 14.8. The SMILES string of the molecule is CCCCNC(CC(=O)Nc1ccc(C)cc1C)C(=O)O. The molecule has 0 heterocycles. The standard InChI is InChI=1S/C16H24N2O3/c1-4-5-8-17-14(16(20)21)10-15(19)18-13-7-6-11(2)9-12(13)3/h6-7,9,14,17H,4-5,8,10H2,1-3H3,(H,18,19)(H,20,21). The maximum absolute atomic E-state index is 12.0. The van der Waals surface area contributed by atoms with Gasteiger partial charge in [0.05, 0.1) is 6.42 Å². The Morgan fingerprint density at radius 3 is 2.57 bits per heavy atom. The van der Waals surface area contributed by atoms with E-state index in [1.807, 2.05) is 39.0 Å². The van der Waals surface area contributed by atoms with E-state index in [4.69, 9.17) is 5.11 Å². The van der Waals surface area contributed by atoms with E-state index in [0.717, 1.165) is 29.7 Å². The number of unbranched alkanes of at least 4 members (excludes halogenated alkanes) is 1. The van der Waals surface area contributed by atoms with Crippen molar-refractivity contribution in [1.82, 2.24) is 5.32 Å². The first kappa shape index (κ1) is 17.2. The number of benzene rings is 1. The number of carbonyl (C=O) groups is 2.